The van der Waals surface area contributed by atoms with Crippen LogP contribution in [0, 0.1) is 5.41 Å². The molecule has 0 saturated carbocycles. The standard InChI is InChI=1S/C14H20N2O5/c1-14(2,3)13(20)15-7-6-11(17)16-8-9-4-5-10(21-9)12(18)19/h4-5H,6-8H2,1-3H3,(H,15,20)(H,16,17)(H,18,19). The van der Waals surface area contributed by atoms with E-state index in [1.807, 2.05) is 0 Å². The fourth-order valence-electron chi connectivity index (χ4n) is 1.42. The van der Waals surface area contributed by atoms with Gasteiger partial charge in [0.1, 0.15) is 5.76 Å². The van der Waals surface area contributed by atoms with Gasteiger partial charge in [0.25, 0.3) is 0 Å². The van der Waals surface area contributed by atoms with Crippen LogP contribution in [0.3, 0.4) is 0 Å². The van der Waals surface area contributed by atoms with Gasteiger partial charge in [-0.3, -0.25) is 9.59 Å². The van der Waals surface area contributed by atoms with Crippen LogP contribution in [0.1, 0.15) is 43.5 Å². The van der Waals surface area contributed by atoms with E-state index in [1.54, 1.807) is 20.8 Å². The maximum absolute atomic E-state index is 11.6. The summed E-state index contributed by atoms with van der Waals surface area (Å²) in [5.41, 5.74) is -0.488. The maximum atomic E-state index is 11.6. The SMILES string of the molecule is CC(C)(C)C(=O)NCCC(=O)NCc1ccc(C(=O)O)o1. The molecule has 0 aromatic carbocycles. The lowest BCUT2D eigenvalue weighted by molar-refractivity contribution is -0.128. The van der Waals surface area contributed by atoms with E-state index in [1.165, 1.54) is 12.1 Å². The number of carboxylic acid groups (broad SMARTS) is 1. The lowest BCUT2D eigenvalue weighted by Gasteiger charge is -2.17. The molecule has 0 radical (unpaired) electrons. The number of carbonyl (C=O) groups is 3. The molecule has 0 fully saturated rings. The van der Waals surface area contributed by atoms with Gasteiger partial charge in [-0.1, -0.05) is 20.8 Å². The first kappa shape index (κ1) is 16.7. The van der Waals surface area contributed by atoms with Gasteiger partial charge in [-0.2, -0.15) is 0 Å². The number of rotatable bonds is 6. The van der Waals surface area contributed by atoms with E-state index < -0.39 is 11.4 Å². The second-order valence-electron chi connectivity index (χ2n) is 5.60. The molecule has 0 spiro atoms. The van der Waals surface area contributed by atoms with Crippen molar-refractivity contribution in [3.05, 3.63) is 23.7 Å². The summed E-state index contributed by atoms with van der Waals surface area (Å²) in [7, 11) is 0. The van der Waals surface area contributed by atoms with Gasteiger partial charge in [0, 0.05) is 18.4 Å². The second kappa shape index (κ2) is 6.92. The summed E-state index contributed by atoms with van der Waals surface area (Å²) in [4.78, 5) is 33.8. The summed E-state index contributed by atoms with van der Waals surface area (Å²) in [6, 6.07) is 2.82. The van der Waals surface area contributed by atoms with E-state index >= 15 is 0 Å². The lowest BCUT2D eigenvalue weighted by atomic mass is 9.96. The molecule has 116 valence electrons. The predicted octanol–water partition coefficient (Wildman–Crippen LogP) is 1.15. The highest BCUT2D eigenvalue weighted by atomic mass is 16.4. The monoisotopic (exact) mass is 296 g/mol. The summed E-state index contributed by atoms with van der Waals surface area (Å²) in [5, 5.41) is 13.9. The van der Waals surface area contributed by atoms with Crippen LogP contribution in [0.15, 0.2) is 16.5 Å². The van der Waals surface area contributed by atoms with Gasteiger partial charge < -0.3 is 20.2 Å². The van der Waals surface area contributed by atoms with E-state index in [2.05, 4.69) is 10.6 Å². The van der Waals surface area contributed by atoms with Crippen molar-refractivity contribution in [1.29, 1.82) is 0 Å². The molecule has 1 aromatic rings. The van der Waals surface area contributed by atoms with Crippen LogP contribution in [-0.2, 0) is 16.1 Å². The van der Waals surface area contributed by atoms with Crippen molar-refractivity contribution in [2.75, 3.05) is 6.54 Å². The fourth-order valence-corrected chi connectivity index (χ4v) is 1.42. The quantitative estimate of drug-likeness (QED) is 0.729. The minimum atomic E-state index is -1.16. The third-order valence-electron chi connectivity index (χ3n) is 2.65. The zero-order chi connectivity index (χ0) is 16.0. The van der Waals surface area contributed by atoms with Crippen LogP contribution < -0.4 is 10.6 Å². The number of amides is 2. The Morgan fingerprint density at radius 2 is 1.86 bits per heavy atom. The minimum Gasteiger partial charge on any atom is -0.475 e. The Morgan fingerprint density at radius 1 is 1.19 bits per heavy atom. The number of carbonyl (C=O) groups excluding carboxylic acids is 2. The summed E-state index contributed by atoms with van der Waals surface area (Å²) < 4.78 is 5.00. The molecular formula is C14H20N2O5. The number of hydrogen-bond acceptors (Lipinski definition) is 4. The first-order valence-corrected chi connectivity index (χ1v) is 6.57. The van der Waals surface area contributed by atoms with Crippen LogP contribution in [0.2, 0.25) is 0 Å². The second-order valence-corrected chi connectivity index (χ2v) is 5.60. The summed E-state index contributed by atoms with van der Waals surface area (Å²) in [6.45, 7) is 5.73. The number of nitrogens with one attached hydrogen (secondary N) is 2. The summed E-state index contributed by atoms with van der Waals surface area (Å²) in [6.07, 6.45) is 0.147. The van der Waals surface area contributed by atoms with E-state index in [4.69, 9.17) is 9.52 Å². The molecule has 3 N–H and O–H groups in total. The van der Waals surface area contributed by atoms with E-state index in [9.17, 15) is 14.4 Å². The summed E-state index contributed by atoms with van der Waals surface area (Å²) in [5.74, 6) is -1.33. The van der Waals surface area contributed by atoms with Crippen molar-refractivity contribution in [2.45, 2.75) is 33.7 Å². The molecule has 7 nitrogen and oxygen atoms in total. The van der Waals surface area contributed by atoms with Crippen molar-refractivity contribution in [3.63, 3.8) is 0 Å². The highest BCUT2D eigenvalue weighted by Gasteiger charge is 2.20. The third kappa shape index (κ3) is 5.68. The van der Waals surface area contributed by atoms with E-state index in [-0.39, 0.29) is 37.1 Å². The van der Waals surface area contributed by atoms with E-state index in [0.29, 0.717) is 5.76 Å². The molecule has 0 aliphatic carbocycles. The lowest BCUT2D eigenvalue weighted by Crippen LogP contribution is -2.37. The van der Waals surface area contributed by atoms with Gasteiger partial charge in [0.05, 0.1) is 6.54 Å². The van der Waals surface area contributed by atoms with Gasteiger partial charge in [-0.15, -0.1) is 0 Å². The molecule has 0 unspecified atom stereocenters. The number of hydrogen-bond donors (Lipinski definition) is 3. The predicted molar refractivity (Wildman–Crippen MR) is 74.6 cm³/mol. The zero-order valence-electron chi connectivity index (χ0n) is 12.4. The molecule has 1 heterocycles. The molecule has 0 saturated heterocycles. The molecule has 0 atom stereocenters. The molecule has 2 amide bonds. The number of carboxylic acids is 1. The van der Waals surface area contributed by atoms with Gasteiger partial charge in [-0.05, 0) is 12.1 Å². The van der Waals surface area contributed by atoms with Gasteiger partial charge in [-0.25, -0.2) is 4.79 Å². The molecule has 0 aliphatic rings. The minimum absolute atomic E-state index is 0.110. The van der Waals surface area contributed by atoms with Crippen LogP contribution >= 0.6 is 0 Å². The Kier molecular flexibility index (Phi) is 5.52. The first-order valence-electron chi connectivity index (χ1n) is 6.57. The molecule has 0 aliphatic heterocycles. The average molecular weight is 296 g/mol. The number of aromatic carboxylic acids is 1. The molecule has 1 rings (SSSR count). The Morgan fingerprint density at radius 3 is 2.38 bits per heavy atom. The molecule has 7 heteroatoms. The van der Waals surface area contributed by atoms with Crippen LogP contribution in [0.25, 0.3) is 0 Å². The summed E-state index contributed by atoms with van der Waals surface area (Å²) >= 11 is 0. The van der Waals surface area contributed by atoms with Gasteiger partial charge in [0.2, 0.25) is 17.6 Å². The third-order valence-corrected chi connectivity index (χ3v) is 2.65. The van der Waals surface area contributed by atoms with Crippen LogP contribution in [0.5, 0.6) is 0 Å². The molecular weight excluding hydrogens is 276 g/mol. The zero-order valence-corrected chi connectivity index (χ0v) is 12.4. The molecule has 0 bridgehead atoms. The topological polar surface area (TPSA) is 109 Å². The van der Waals surface area contributed by atoms with Crippen LogP contribution in [-0.4, -0.2) is 29.4 Å². The Labute approximate surface area is 122 Å². The highest BCUT2D eigenvalue weighted by molar-refractivity contribution is 5.84. The Bertz CT molecular complexity index is 528. The van der Waals surface area contributed by atoms with Crippen molar-refractivity contribution in [2.24, 2.45) is 5.41 Å². The molecule has 21 heavy (non-hydrogen) atoms. The van der Waals surface area contributed by atoms with Crippen molar-refractivity contribution >= 4 is 17.8 Å². The van der Waals surface area contributed by atoms with Crippen molar-refractivity contribution in [1.82, 2.24) is 10.6 Å². The Balaban J connectivity index is 2.28. The van der Waals surface area contributed by atoms with Gasteiger partial charge in [0.15, 0.2) is 0 Å². The average Bonchev–Trinajstić information content (AvgIpc) is 2.84. The van der Waals surface area contributed by atoms with Gasteiger partial charge >= 0.3 is 5.97 Å². The maximum Gasteiger partial charge on any atom is 0.371 e. The number of furan rings is 1. The van der Waals surface area contributed by atoms with Crippen LogP contribution in [0.4, 0.5) is 0 Å². The Hall–Kier alpha value is -2.31. The smallest absolute Gasteiger partial charge is 0.371 e. The largest absolute Gasteiger partial charge is 0.475 e. The molecule has 1 aromatic heterocycles. The van der Waals surface area contributed by atoms with Crippen molar-refractivity contribution in [3.8, 4) is 0 Å². The van der Waals surface area contributed by atoms with Crippen molar-refractivity contribution < 1.29 is 23.9 Å². The first-order chi connectivity index (χ1) is 9.70. The highest BCUT2D eigenvalue weighted by Crippen LogP contribution is 2.12. The fraction of sp³-hybridized carbons (Fsp3) is 0.500. The van der Waals surface area contributed by atoms with E-state index in [0.717, 1.165) is 0 Å². The normalized spacial score (nSPS) is 11.0.